The number of allylic oxidation sites excluding steroid dienone is 1. The predicted molar refractivity (Wildman–Crippen MR) is 227 cm³/mol. The van der Waals surface area contributed by atoms with E-state index in [1.165, 1.54) is 5.56 Å². The second-order valence-electron chi connectivity index (χ2n) is 15.4. The maximum Gasteiger partial charge on any atom is 0.241 e. The van der Waals surface area contributed by atoms with Crippen LogP contribution in [0.2, 0.25) is 0 Å². The van der Waals surface area contributed by atoms with E-state index >= 15 is 0 Å². The number of anilines is 2. The molecule has 5 N–H and O–H groups in total. The van der Waals surface area contributed by atoms with E-state index in [1.54, 1.807) is 0 Å². The first-order valence-corrected chi connectivity index (χ1v) is 20.5. The number of piperazine rings is 2. The van der Waals surface area contributed by atoms with Crippen LogP contribution in [-0.2, 0) is 20.8 Å². The number of carbonyl (C=O) groups is 3. The Labute approximate surface area is 340 Å². The van der Waals surface area contributed by atoms with Crippen molar-refractivity contribution in [2.24, 2.45) is 5.73 Å². The molecule has 0 saturated carbocycles. The third-order valence-corrected chi connectivity index (χ3v) is 11.4. The first-order chi connectivity index (χ1) is 28.2. The van der Waals surface area contributed by atoms with Gasteiger partial charge in [-0.05, 0) is 67.6 Å². The van der Waals surface area contributed by atoms with E-state index in [2.05, 4.69) is 55.7 Å². The highest BCUT2D eigenvalue weighted by molar-refractivity contribution is 6.01. The van der Waals surface area contributed by atoms with Gasteiger partial charge in [0.25, 0.3) is 0 Å². The van der Waals surface area contributed by atoms with Crippen LogP contribution in [0.25, 0.3) is 16.8 Å². The predicted octanol–water partition coefficient (Wildman–Crippen LogP) is 3.71. The van der Waals surface area contributed by atoms with E-state index in [0.29, 0.717) is 44.0 Å². The number of nitrogens with zero attached hydrogens (tertiary/aromatic N) is 6. The maximum atomic E-state index is 13.1. The summed E-state index contributed by atoms with van der Waals surface area (Å²) in [5.74, 6) is 0.752. The topological polar surface area (TPSA) is 160 Å². The van der Waals surface area contributed by atoms with Gasteiger partial charge in [-0.3, -0.25) is 29.5 Å². The number of piperidine rings is 1. The van der Waals surface area contributed by atoms with Crippen LogP contribution in [-0.4, -0.2) is 126 Å². The third-order valence-electron chi connectivity index (χ3n) is 11.4. The van der Waals surface area contributed by atoms with Gasteiger partial charge < -0.3 is 26.0 Å². The highest BCUT2D eigenvalue weighted by Crippen LogP contribution is 2.30. The second kappa shape index (κ2) is 19.2. The average molecular weight is 786 g/mol. The molecule has 4 heterocycles. The molecule has 58 heavy (non-hydrogen) atoms. The third kappa shape index (κ3) is 10.3. The summed E-state index contributed by atoms with van der Waals surface area (Å²) in [6.45, 7) is 10.3. The zero-order valence-corrected chi connectivity index (χ0v) is 33.4. The molecule has 0 bridgehead atoms. The number of benzene rings is 3. The van der Waals surface area contributed by atoms with Crippen LogP contribution in [0.3, 0.4) is 0 Å². The number of nitrogens with two attached hydrogens (primary N) is 1. The van der Waals surface area contributed by atoms with Gasteiger partial charge in [-0.1, -0.05) is 60.7 Å². The van der Waals surface area contributed by atoms with Crippen molar-refractivity contribution in [3.05, 3.63) is 113 Å². The van der Waals surface area contributed by atoms with E-state index in [-0.39, 0.29) is 36.8 Å². The van der Waals surface area contributed by atoms with Crippen LogP contribution in [0.5, 0.6) is 0 Å². The first-order valence-electron chi connectivity index (χ1n) is 20.5. The van der Waals surface area contributed by atoms with Gasteiger partial charge in [0.1, 0.15) is 5.82 Å². The zero-order chi connectivity index (χ0) is 40.4. The number of aromatic nitrogens is 2. The second-order valence-corrected chi connectivity index (χ2v) is 15.4. The Morgan fingerprint density at radius 1 is 0.862 bits per heavy atom. The Morgan fingerprint density at radius 3 is 2.29 bits per heavy atom. The highest BCUT2D eigenvalue weighted by Gasteiger charge is 2.28. The molecular formula is C45H55N9O4. The average Bonchev–Trinajstić information content (AvgIpc) is 3.24. The van der Waals surface area contributed by atoms with Crippen molar-refractivity contribution in [2.75, 3.05) is 88.8 Å². The molecular weight excluding hydrogens is 731 g/mol. The monoisotopic (exact) mass is 785 g/mol. The minimum absolute atomic E-state index is 0.0682. The number of amides is 3. The van der Waals surface area contributed by atoms with Gasteiger partial charge >= 0.3 is 0 Å². The number of hydrogen-bond donors (Lipinski definition) is 4. The normalized spacial score (nSPS) is 18.5. The molecule has 0 radical (unpaired) electrons. The van der Waals surface area contributed by atoms with Crippen molar-refractivity contribution in [1.29, 1.82) is 0 Å². The maximum absolute atomic E-state index is 13.1. The molecule has 3 amide bonds. The number of hydrogen-bond acceptors (Lipinski definition) is 11. The molecule has 0 aliphatic carbocycles. The Balaban J connectivity index is 0.930. The van der Waals surface area contributed by atoms with Crippen molar-refractivity contribution in [2.45, 2.75) is 38.5 Å². The van der Waals surface area contributed by atoms with E-state index in [4.69, 9.17) is 15.7 Å². The number of nitrogens with one attached hydrogen (secondary N) is 2. The Bertz CT molecular complexity index is 2070. The lowest BCUT2D eigenvalue weighted by molar-refractivity contribution is -0.134. The summed E-state index contributed by atoms with van der Waals surface area (Å²) in [6, 6.07) is 28.3. The molecule has 1 unspecified atom stereocenters. The van der Waals surface area contributed by atoms with E-state index < -0.39 is 0 Å². The van der Waals surface area contributed by atoms with Crippen molar-refractivity contribution in [1.82, 2.24) is 30.0 Å². The molecule has 304 valence electrons. The number of aliphatic hydroxyl groups excluding tert-OH is 1. The summed E-state index contributed by atoms with van der Waals surface area (Å²) < 4.78 is 0. The van der Waals surface area contributed by atoms with Crippen molar-refractivity contribution < 1.29 is 19.5 Å². The van der Waals surface area contributed by atoms with E-state index in [0.717, 1.165) is 98.1 Å². The van der Waals surface area contributed by atoms with Crippen molar-refractivity contribution in [3.8, 4) is 11.3 Å². The van der Waals surface area contributed by atoms with Crippen molar-refractivity contribution in [3.63, 3.8) is 0 Å². The van der Waals surface area contributed by atoms with Gasteiger partial charge in [-0.2, -0.15) is 0 Å². The summed E-state index contributed by atoms with van der Waals surface area (Å²) in [5.41, 5.74) is 13.8. The fraction of sp³-hybridized carbons (Fsp3) is 0.400. The minimum Gasteiger partial charge on any atom is -0.402 e. The van der Waals surface area contributed by atoms with Gasteiger partial charge in [-0.15, -0.1) is 0 Å². The molecule has 3 fully saturated rings. The molecule has 4 aromatic rings. The molecule has 7 rings (SSSR count). The van der Waals surface area contributed by atoms with Crippen LogP contribution in [0.15, 0.2) is 90.6 Å². The highest BCUT2D eigenvalue weighted by atomic mass is 16.3. The van der Waals surface area contributed by atoms with Crippen LogP contribution in [0, 0.1) is 0 Å². The summed E-state index contributed by atoms with van der Waals surface area (Å²) in [4.78, 5) is 55.9. The lowest BCUT2D eigenvalue weighted by atomic mass is 9.90. The molecule has 3 aromatic carbocycles. The molecule has 3 aliphatic rings. The van der Waals surface area contributed by atoms with Gasteiger partial charge in [0, 0.05) is 93.9 Å². The molecule has 3 aliphatic heterocycles. The summed E-state index contributed by atoms with van der Waals surface area (Å²) in [7, 11) is 0. The number of aryl methyl sites for hydroxylation is 1. The Morgan fingerprint density at radius 2 is 1.59 bits per heavy atom. The number of β-amino-alcohol motifs (C(OH)–C–C–N with tert-alkyl or cyclic N) is 1. The fourth-order valence-corrected chi connectivity index (χ4v) is 8.08. The van der Waals surface area contributed by atoms with E-state index in [1.807, 2.05) is 66.4 Å². The number of carbonyl (C=O) groups excluding carboxylic acids is 3. The van der Waals surface area contributed by atoms with Gasteiger partial charge in [-0.25, -0.2) is 9.97 Å². The molecule has 1 atom stereocenters. The van der Waals surface area contributed by atoms with Crippen molar-refractivity contribution >= 4 is 34.8 Å². The van der Waals surface area contributed by atoms with Crippen LogP contribution in [0.1, 0.15) is 54.6 Å². The Kier molecular flexibility index (Phi) is 13.4. The summed E-state index contributed by atoms with van der Waals surface area (Å²) in [6.07, 6.45) is 2.78. The standard InChI is InChI=1S/C45H55N9O4/c1-32(46)43(35-9-3-2-4-10-35)44-48-39(30-40(49-44)53-23-19-52(20-24-53)27-28-55)36-11-5-7-33(29-36)8-6-18-51-21-25-54(26-22-51)42(57)31-47-37-14-12-34(13-15-37)38-16-17-41(56)50-45(38)58/h2-5,7,9-15,29-30,38,47,55H,6,8,16-28,31,46H2,1H3,(H,50,56,58). The molecule has 13 nitrogen and oxygen atoms in total. The zero-order valence-electron chi connectivity index (χ0n) is 33.4. The lowest BCUT2D eigenvalue weighted by Gasteiger charge is -2.35. The first kappa shape index (κ1) is 40.6. The molecule has 0 spiro atoms. The Hall–Kier alpha value is -5.63. The largest absolute Gasteiger partial charge is 0.402 e. The van der Waals surface area contributed by atoms with Gasteiger partial charge in [0.15, 0.2) is 5.82 Å². The number of imide groups is 1. The van der Waals surface area contributed by atoms with Gasteiger partial charge in [0.2, 0.25) is 17.7 Å². The molecule has 3 saturated heterocycles. The summed E-state index contributed by atoms with van der Waals surface area (Å²) in [5, 5.41) is 15.1. The SMILES string of the molecule is CC(N)=C(c1ccccc1)c1nc(-c2cccc(CCCN3CCN(C(=O)CNc4ccc(C5CCC(=O)NC5=O)cc4)CC3)c2)cc(N2CCN(CCO)CC2)n1. The number of aliphatic hydroxyl groups is 1. The number of rotatable bonds is 14. The smallest absolute Gasteiger partial charge is 0.241 e. The lowest BCUT2D eigenvalue weighted by Crippen LogP contribution is -2.50. The van der Waals surface area contributed by atoms with Crippen LogP contribution >= 0.6 is 0 Å². The molecule has 1 aromatic heterocycles. The van der Waals surface area contributed by atoms with Crippen LogP contribution in [0.4, 0.5) is 11.5 Å². The fourth-order valence-electron chi connectivity index (χ4n) is 8.08. The van der Waals surface area contributed by atoms with E-state index in [9.17, 15) is 19.5 Å². The quantitative estimate of drug-likeness (QED) is 0.138. The molecule has 13 heteroatoms. The summed E-state index contributed by atoms with van der Waals surface area (Å²) >= 11 is 0. The minimum atomic E-state index is -0.323. The van der Waals surface area contributed by atoms with Gasteiger partial charge in [0.05, 0.1) is 24.8 Å². The van der Waals surface area contributed by atoms with Crippen LogP contribution < -0.4 is 21.3 Å².